The Balaban J connectivity index is 3.19. The second-order valence-electron chi connectivity index (χ2n) is 4.27. The number of nitrogens with one attached hydrogen (secondary N) is 1. The summed E-state index contributed by atoms with van der Waals surface area (Å²) < 4.78 is 5.65. The number of nitrogen functional groups attached to an aromatic ring is 1. The molecule has 6 nitrogen and oxygen atoms in total. The quantitative estimate of drug-likeness (QED) is 0.468. The van der Waals surface area contributed by atoms with Gasteiger partial charge >= 0.3 is 5.69 Å². The Morgan fingerprint density at radius 2 is 2.18 bits per heavy atom. The minimum absolute atomic E-state index is 0.142. The first-order valence-corrected chi connectivity index (χ1v) is 5.34. The molecule has 1 aromatic carbocycles. The second-order valence-corrected chi connectivity index (χ2v) is 4.27. The van der Waals surface area contributed by atoms with Crippen molar-refractivity contribution in [2.75, 3.05) is 5.43 Å². The highest BCUT2D eigenvalue weighted by atomic mass is 16.6. The van der Waals surface area contributed by atoms with Crippen LogP contribution in [-0.2, 0) is 0 Å². The predicted molar refractivity (Wildman–Crippen MR) is 65.9 cm³/mol. The summed E-state index contributed by atoms with van der Waals surface area (Å²) in [6, 6.07) is 4.75. The van der Waals surface area contributed by atoms with Crippen molar-refractivity contribution in [3.8, 4) is 5.75 Å². The van der Waals surface area contributed by atoms with Crippen LogP contribution in [0.1, 0.15) is 27.2 Å². The molecule has 1 aromatic rings. The van der Waals surface area contributed by atoms with Gasteiger partial charge in [0.05, 0.1) is 4.92 Å². The zero-order valence-corrected chi connectivity index (χ0v) is 10.2. The number of benzene rings is 1. The highest BCUT2D eigenvalue weighted by molar-refractivity contribution is 5.67. The number of hydrazine groups is 1. The molecule has 0 saturated heterocycles. The van der Waals surface area contributed by atoms with Gasteiger partial charge in [-0.25, -0.2) is 0 Å². The van der Waals surface area contributed by atoms with Crippen LogP contribution >= 0.6 is 0 Å². The van der Waals surface area contributed by atoms with Gasteiger partial charge < -0.3 is 10.2 Å². The molecule has 0 aliphatic carbocycles. The zero-order valence-electron chi connectivity index (χ0n) is 10.2. The minimum Gasteiger partial charge on any atom is -0.481 e. The summed E-state index contributed by atoms with van der Waals surface area (Å²) in [4.78, 5) is 10.5. The van der Waals surface area contributed by atoms with E-state index in [1.165, 1.54) is 6.07 Å². The molecular formula is C11H17N3O3. The van der Waals surface area contributed by atoms with Crippen LogP contribution in [0.3, 0.4) is 0 Å². The first kappa shape index (κ1) is 13.2. The number of rotatable bonds is 5. The van der Waals surface area contributed by atoms with Crippen molar-refractivity contribution in [3.63, 3.8) is 0 Å². The molecule has 0 heterocycles. The number of nitro benzene ring substituents is 1. The Morgan fingerprint density at radius 1 is 1.53 bits per heavy atom. The molecule has 0 radical (unpaired) electrons. The van der Waals surface area contributed by atoms with Crippen molar-refractivity contribution >= 4 is 11.4 Å². The SMILES string of the molecule is CCC(C)(C)Oc1cccc(NN)c1[N+](=O)[O-]. The van der Waals surface area contributed by atoms with Gasteiger partial charge in [0.25, 0.3) is 0 Å². The molecule has 0 aliphatic rings. The van der Waals surface area contributed by atoms with E-state index in [9.17, 15) is 10.1 Å². The summed E-state index contributed by atoms with van der Waals surface area (Å²) in [5, 5.41) is 11.0. The van der Waals surface area contributed by atoms with Crippen LogP contribution in [0.4, 0.5) is 11.4 Å². The van der Waals surface area contributed by atoms with Gasteiger partial charge in [0.2, 0.25) is 0 Å². The maximum Gasteiger partial charge on any atom is 0.335 e. The molecule has 0 amide bonds. The molecule has 0 bridgehead atoms. The summed E-state index contributed by atoms with van der Waals surface area (Å²) in [5.74, 6) is 5.46. The highest BCUT2D eigenvalue weighted by Crippen LogP contribution is 2.36. The first-order chi connectivity index (χ1) is 7.91. The number of hydrogen-bond acceptors (Lipinski definition) is 5. The fourth-order valence-electron chi connectivity index (χ4n) is 1.28. The number of para-hydroxylation sites is 1. The third-order valence-corrected chi connectivity index (χ3v) is 2.57. The average Bonchev–Trinajstić information content (AvgIpc) is 2.27. The van der Waals surface area contributed by atoms with Crippen molar-refractivity contribution < 1.29 is 9.66 Å². The van der Waals surface area contributed by atoms with E-state index in [1.807, 2.05) is 20.8 Å². The van der Waals surface area contributed by atoms with Gasteiger partial charge in [0, 0.05) is 0 Å². The summed E-state index contributed by atoms with van der Waals surface area (Å²) in [7, 11) is 0. The third-order valence-electron chi connectivity index (χ3n) is 2.57. The molecule has 94 valence electrons. The van der Waals surface area contributed by atoms with Crippen LogP contribution in [0.5, 0.6) is 5.75 Å². The van der Waals surface area contributed by atoms with Crippen molar-refractivity contribution in [2.45, 2.75) is 32.8 Å². The van der Waals surface area contributed by atoms with E-state index in [-0.39, 0.29) is 17.1 Å². The van der Waals surface area contributed by atoms with E-state index in [2.05, 4.69) is 5.43 Å². The van der Waals surface area contributed by atoms with Crippen molar-refractivity contribution in [3.05, 3.63) is 28.3 Å². The Hall–Kier alpha value is -1.82. The molecule has 0 spiro atoms. The van der Waals surface area contributed by atoms with Crippen LogP contribution < -0.4 is 16.0 Å². The lowest BCUT2D eigenvalue weighted by Gasteiger charge is -2.24. The fraction of sp³-hybridized carbons (Fsp3) is 0.455. The lowest BCUT2D eigenvalue weighted by Crippen LogP contribution is -2.27. The molecule has 0 unspecified atom stereocenters. The van der Waals surface area contributed by atoms with Crippen molar-refractivity contribution in [1.82, 2.24) is 0 Å². The topological polar surface area (TPSA) is 90.4 Å². The Bertz CT molecular complexity index is 418. The van der Waals surface area contributed by atoms with Gasteiger partial charge in [0.1, 0.15) is 11.3 Å². The summed E-state index contributed by atoms with van der Waals surface area (Å²) in [6.45, 7) is 5.70. The molecule has 1 rings (SSSR count). The van der Waals surface area contributed by atoms with Crippen LogP contribution in [-0.4, -0.2) is 10.5 Å². The standard InChI is InChI=1S/C11H17N3O3/c1-4-11(2,3)17-9-7-5-6-8(13-12)10(9)14(15)16/h5-7,13H,4,12H2,1-3H3. The van der Waals surface area contributed by atoms with Crippen molar-refractivity contribution in [1.29, 1.82) is 0 Å². The fourth-order valence-corrected chi connectivity index (χ4v) is 1.28. The maximum absolute atomic E-state index is 11.0. The van der Waals surface area contributed by atoms with Crippen molar-refractivity contribution in [2.24, 2.45) is 5.84 Å². The molecule has 0 fully saturated rings. The lowest BCUT2D eigenvalue weighted by atomic mass is 10.1. The van der Waals surface area contributed by atoms with Crippen LogP contribution in [0.15, 0.2) is 18.2 Å². The van der Waals surface area contributed by atoms with Gasteiger partial charge in [-0.05, 0) is 32.4 Å². The largest absolute Gasteiger partial charge is 0.481 e. The van der Waals surface area contributed by atoms with Gasteiger partial charge in [-0.15, -0.1) is 0 Å². The summed E-state index contributed by atoms with van der Waals surface area (Å²) in [6.07, 6.45) is 0.741. The lowest BCUT2D eigenvalue weighted by molar-refractivity contribution is -0.385. The second kappa shape index (κ2) is 5.01. The zero-order chi connectivity index (χ0) is 13.1. The summed E-state index contributed by atoms with van der Waals surface area (Å²) >= 11 is 0. The predicted octanol–water partition coefficient (Wildman–Crippen LogP) is 2.45. The third kappa shape index (κ3) is 3.07. The number of nitro groups is 1. The Labute approximate surface area is 99.9 Å². The van der Waals surface area contributed by atoms with Gasteiger partial charge in [-0.3, -0.25) is 16.0 Å². The van der Waals surface area contributed by atoms with E-state index in [4.69, 9.17) is 10.6 Å². The van der Waals surface area contributed by atoms with Gasteiger partial charge in [0.15, 0.2) is 5.75 Å². The molecule has 0 aromatic heterocycles. The van der Waals surface area contributed by atoms with Crippen LogP contribution in [0, 0.1) is 10.1 Å². The summed E-state index contributed by atoms with van der Waals surface area (Å²) in [5.41, 5.74) is 1.93. The maximum atomic E-state index is 11.0. The monoisotopic (exact) mass is 239 g/mol. The minimum atomic E-state index is -0.504. The number of ether oxygens (including phenoxy) is 1. The van der Waals surface area contributed by atoms with Gasteiger partial charge in [-0.1, -0.05) is 13.0 Å². The van der Waals surface area contributed by atoms with Crippen LogP contribution in [0.2, 0.25) is 0 Å². The molecule has 6 heteroatoms. The number of nitrogens with zero attached hydrogens (tertiary/aromatic N) is 1. The van der Waals surface area contributed by atoms with E-state index < -0.39 is 10.5 Å². The Morgan fingerprint density at radius 3 is 2.65 bits per heavy atom. The smallest absolute Gasteiger partial charge is 0.335 e. The highest BCUT2D eigenvalue weighted by Gasteiger charge is 2.25. The van der Waals surface area contributed by atoms with Crippen LogP contribution in [0.25, 0.3) is 0 Å². The molecule has 0 saturated carbocycles. The average molecular weight is 239 g/mol. The van der Waals surface area contributed by atoms with Gasteiger partial charge in [-0.2, -0.15) is 0 Å². The molecule has 0 atom stereocenters. The van der Waals surface area contributed by atoms with E-state index in [0.29, 0.717) is 0 Å². The number of hydrogen-bond donors (Lipinski definition) is 2. The number of nitrogens with two attached hydrogens (primary N) is 1. The number of anilines is 1. The molecule has 0 aliphatic heterocycles. The van der Waals surface area contributed by atoms with E-state index >= 15 is 0 Å². The Kier molecular flexibility index (Phi) is 3.90. The molecular weight excluding hydrogens is 222 g/mol. The molecule has 3 N–H and O–H groups in total. The van der Waals surface area contributed by atoms with E-state index in [0.717, 1.165) is 6.42 Å². The first-order valence-electron chi connectivity index (χ1n) is 5.34. The van der Waals surface area contributed by atoms with E-state index in [1.54, 1.807) is 12.1 Å². The normalized spacial score (nSPS) is 11.1. The molecule has 17 heavy (non-hydrogen) atoms.